The summed E-state index contributed by atoms with van der Waals surface area (Å²) < 4.78 is 0. The van der Waals surface area contributed by atoms with Crippen molar-refractivity contribution in [3.8, 4) is 0 Å². The summed E-state index contributed by atoms with van der Waals surface area (Å²) in [6, 6.07) is 0. The van der Waals surface area contributed by atoms with Gasteiger partial charge in [0.15, 0.2) is 0 Å². The molecule has 0 spiro atoms. The highest BCUT2D eigenvalue weighted by Crippen LogP contribution is 2.11. The Hall–Kier alpha value is -0.0800. The topological polar surface area (TPSA) is 24.1 Å². The van der Waals surface area contributed by atoms with Crippen LogP contribution in [-0.2, 0) is 0 Å². The third kappa shape index (κ3) is 31.9. The van der Waals surface area contributed by atoms with Gasteiger partial charge < -0.3 is 10.6 Å². The summed E-state index contributed by atoms with van der Waals surface area (Å²) in [6.07, 6.45) is 37.1. The first-order chi connectivity index (χ1) is 16.9. The Morgan fingerprint density at radius 3 is 0.618 bits per heavy atom. The highest BCUT2D eigenvalue weighted by molar-refractivity contribution is 4.54. The van der Waals surface area contributed by atoms with Crippen molar-refractivity contribution in [2.45, 2.75) is 181 Å². The van der Waals surface area contributed by atoms with Crippen LogP contribution in [0.4, 0.5) is 0 Å². The van der Waals surface area contributed by atoms with E-state index in [2.05, 4.69) is 24.5 Å². The molecule has 0 aromatic rings. The molecule has 0 bridgehead atoms. The molecule has 0 fully saturated rings. The van der Waals surface area contributed by atoms with Gasteiger partial charge in [0.25, 0.3) is 0 Å². The Bertz CT molecular complexity index is 299. The van der Waals surface area contributed by atoms with Gasteiger partial charge in [-0.15, -0.1) is 0 Å². The Labute approximate surface area is 217 Å². The lowest BCUT2D eigenvalue weighted by molar-refractivity contribution is 0.520. The van der Waals surface area contributed by atoms with Gasteiger partial charge in [-0.3, -0.25) is 0 Å². The van der Waals surface area contributed by atoms with Gasteiger partial charge in [-0.2, -0.15) is 0 Å². The fraction of sp³-hybridized carbons (Fsp3) is 1.00. The van der Waals surface area contributed by atoms with E-state index in [1.165, 1.54) is 193 Å². The molecule has 0 saturated carbocycles. The molecule has 0 heterocycles. The molecule has 0 aliphatic carbocycles. The molecule has 0 amide bonds. The van der Waals surface area contributed by atoms with Gasteiger partial charge in [-0.1, -0.05) is 155 Å². The van der Waals surface area contributed by atoms with E-state index in [9.17, 15) is 0 Å². The van der Waals surface area contributed by atoms with Crippen LogP contribution in [0, 0.1) is 0 Å². The Kier molecular flexibility index (Phi) is 32.8. The van der Waals surface area contributed by atoms with Gasteiger partial charge in [-0.25, -0.2) is 0 Å². The smallest absolute Gasteiger partial charge is 0.00489 e. The zero-order valence-corrected chi connectivity index (χ0v) is 24.2. The molecule has 0 saturated heterocycles. The van der Waals surface area contributed by atoms with E-state index in [1.54, 1.807) is 0 Å². The van der Waals surface area contributed by atoms with Crippen LogP contribution in [0.2, 0.25) is 0 Å². The van der Waals surface area contributed by atoms with Crippen molar-refractivity contribution in [1.29, 1.82) is 0 Å². The van der Waals surface area contributed by atoms with E-state index in [-0.39, 0.29) is 0 Å². The molecular weight excluding hydrogens is 412 g/mol. The quantitative estimate of drug-likeness (QED) is 0.0964. The number of hydrogen-bond acceptors (Lipinski definition) is 2. The van der Waals surface area contributed by atoms with Gasteiger partial charge in [0.1, 0.15) is 0 Å². The largest absolute Gasteiger partial charge is 0.317 e. The summed E-state index contributed by atoms with van der Waals surface area (Å²) >= 11 is 0. The first-order valence-corrected chi connectivity index (χ1v) is 16.3. The van der Waals surface area contributed by atoms with Crippen LogP contribution in [0.15, 0.2) is 0 Å². The molecule has 0 atom stereocenters. The predicted octanol–water partition coefficient (Wildman–Crippen LogP) is 10.3. The molecule has 2 heteroatoms. The van der Waals surface area contributed by atoms with E-state index >= 15 is 0 Å². The van der Waals surface area contributed by atoms with E-state index in [0.29, 0.717) is 0 Å². The average Bonchev–Trinajstić information content (AvgIpc) is 2.85. The molecular formula is C32H68N2. The minimum Gasteiger partial charge on any atom is -0.317 e. The van der Waals surface area contributed by atoms with Gasteiger partial charge in [0, 0.05) is 0 Å². The lowest BCUT2D eigenvalue weighted by Crippen LogP contribution is -2.16. The molecule has 34 heavy (non-hydrogen) atoms. The van der Waals surface area contributed by atoms with Crippen molar-refractivity contribution >= 4 is 0 Å². The third-order valence-corrected chi connectivity index (χ3v) is 7.37. The molecule has 0 unspecified atom stereocenters. The SMILES string of the molecule is CCCCCCCCCCCNCCCCCCCCCCNCCCCCCCCCCC. The number of unbranched alkanes of at least 4 members (excludes halogenated alkanes) is 23. The average molecular weight is 481 g/mol. The number of nitrogens with one attached hydrogen (secondary N) is 2. The molecule has 206 valence electrons. The van der Waals surface area contributed by atoms with Gasteiger partial charge in [0.2, 0.25) is 0 Å². The number of rotatable bonds is 31. The lowest BCUT2D eigenvalue weighted by atomic mass is 10.1. The van der Waals surface area contributed by atoms with Gasteiger partial charge in [0.05, 0.1) is 0 Å². The maximum absolute atomic E-state index is 3.66. The first-order valence-electron chi connectivity index (χ1n) is 16.3. The van der Waals surface area contributed by atoms with E-state index < -0.39 is 0 Å². The van der Waals surface area contributed by atoms with Crippen LogP contribution < -0.4 is 10.6 Å². The van der Waals surface area contributed by atoms with Crippen LogP contribution in [0.25, 0.3) is 0 Å². The van der Waals surface area contributed by atoms with Crippen LogP contribution in [0.3, 0.4) is 0 Å². The maximum Gasteiger partial charge on any atom is -0.00489 e. The van der Waals surface area contributed by atoms with E-state index in [4.69, 9.17) is 0 Å². The Morgan fingerprint density at radius 2 is 0.412 bits per heavy atom. The molecule has 0 rings (SSSR count). The molecule has 0 radical (unpaired) electrons. The van der Waals surface area contributed by atoms with Gasteiger partial charge in [-0.05, 0) is 51.9 Å². The van der Waals surface area contributed by atoms with Crippen molar-refractivity contribution in [1.82, 2.24) is 10.6 Å². The van der Waals surface area contributed by atoms with E-state index in [1.807, 2.05) is 0 Å². The maximum atomic E-state index is 3.66. The monoisotopic (exact) mass is 481 g/mol. The number of hydrogen-bond donors (Lipinski definition) is 2. The second-order valence-corrected chi connectivity index (χ2v) is 11.0. The molecule has 2 N–H and O–H groups in total. The summed E-state index contributed by atoms with van der Waals surface area (Å²) in [5.74, 6) is 0. The molecule has 2 nitrogen and oxygen atoms in total. The summed E-state index contributed by atoms with van der Waals surface area (Å²) in [5.41, 5.74) is 0. The summed E-state index contributed by atoms with van der Waals surface area (Å²) in [6.45, 7) is 9.55. The highest BCUT2D eigenvalue weighted by atomic mass is 14.8. The van der Waals surface area contributed by atoms with Crippen LogP contribution in [0.1, 0.15) is 181 Å². The molecule has 0 aliphatic heterocycles. The van der Waals surface area contributed by atoms with Crippen molar-refractivity contribution in [2.75, 3.05) is 26.2 Å². The van der Waals surface area contributed by atoms with Crippen molar-refractivity contribution in [3.63, 3.8) is 0 Å². The van der Waals surface area contributed by atoms with Crippen LogP contribution >= 0.6 is 0 Å². The Balaban J connectivity index is 2.99. The standard InChI is InChI=1S/C32H68N2/c1-3-5-7-9-11-13-17-21-25-29-33-31-27-23-19-15-16-20-24-28-32-34-30-26-22-18-14-12-10-8-6-4-2/h33-34H,3-32H2,1-2H3. The molecule has 0 aromatic heterocycles. The second kappa shape index (κ2) is 32.9. The first kappa shape index (κ1) is 33.9. The van der Waals surface area contributed by atoms with Crippen LogP contribution in [-0.4, -0.2) is 26.2 Å². The zero-order valence-electron chi connectivity index (χ0n) is 24.2. The minimum atomic E-state index is 1.24. The third-order valence-electron chi connectivity index (χ3n) is 7.37. The zero-order chi connectivity index (χ0) is 24.6. The minimum absolute atomic E-state index is 1.24. The predicted molar refractivity (Wildman–Crippen MR) is 157 cm³/mol. The summed E-state index contributed by atoms with van der Waals surface area (Å²) in [7, 11) is 0. The van der Waals surface area contributed by atoms with Crippen molar-refractivity contribution < 1.29 is 0 Å². The van der Waals surface area contributed by atoms with Crippen molar-refractivity contribution in [2.24, 2.45) is 0 Å². The fourth-order valence-electron chi connectivity index (χ4n) is 4.93. The highest BCUT2D eigenvalue weighted by Gasteiger charge is 1.96. The summed E-state index contributed by atoms with van der Waals surface area (Å²) in [4.78, 5) is 0. The van der Waals surface area contributed by atoms with Crippen LogP contribution in [0.5, 0.6) is 0 Å². The molecule has 0 aliphatic rings. The second-order valence-electron chi connectivity index (χ2n) is 11.0. The van der Waals surface area contributed by atoms with Gasteiger partial charge >= 0.3 is 0 Å². The molecule has 0 aromatic carbocycles. The summed E-state index contributed by atoms with van der Waals surface area (Å²) in [5, 5.41) is 7.31. The normalized spacial score (nSPS) is 11.5. The lowest BCUT2D eigenvalue weighted by Gasteiger charge is -2.06. The van der Waals surface area contributed by atoms with Crippen molar-refractivity contribution in [3.05, 3.63) is 0 Å². The Morgan fingerprint density at radius 1 is 0.235 bits per heavy atom. The fourth-order valence-corrected chi connectivity index (χ4v) is 4.93. The van der Waals surface area contributed by atoms with E-state index in [0.717, 1.165) is 0 Å².